The fraction of sp³-hybridized carbons (Fsp3) is 0.278. The minimum Gasteiger partial charge on any atom is -0.490 e. The molecule has 1 aromatic heterocycles. The lowest BCUT2D eigenvalue weighted by atomic mass is 10.2. The lowest BCUT2D eigenvalue weighted by Crippen LogP contribution is -2.12. The molecule has 0 saturated carbocycles. The third-order valence-electron chi connectivity index (χ3n) is 3.72. The van der Waals surface area contributed by atoms with Gasteiger partial charge >= 0.3 is 5.97 Å². The molecule has 0 bridgehead atoms. The molecule has 2 aromatic carbocycles. The van der Waals surface area contributed by atoms with Gasteiger partial charge in [0.25, 0.3) is 0 Å². The smallest absolute Gasteiger partial charge is 0.338 e. The van der Waals surface area contributed by atoms with Crippen LogP contribution in [0.1, 0.15) is 22.8 Å². The van der Waals surface area contributed by atoms with Crippen LogP contribution in [0.2, 0.25) is 0 Å². The number of aryl methyl sites for hydroxylation is 2. The molecular weight excluding hydrogens is 306 g/mol. The summed E-state index contributed by atoms with van der Waals surface area (Å²) in [6.07, 6.45) is 0. The molecule has 3 rings (SSSR count). The van der Waals surface area contributed by atoms with E-state index >= 15 is 0 Å². The largest absolute Gasteiger partial charge is 0.490 e. The van der Waals surface area contributed by atoms with Crippen molar-refractivity contribution in [2.24, 2.45) is 0 Å². The second-order valence-electron chi connectivity index (χ2n) is 5.36. The molecule has 3 aromatic rings. The van der Waals surface area contributed by atoms with Crippen LogP contribution in [0.4, 0.5) is 0 Å². The quantitative estimate of drug-likeness (QED) is 0.515. The molecule has 0 unspecified atom stereocenters. The highest BCUT2D eigenvalue weighted by molar-refractivity contribution is 5.93. The Balaban J connectivity index is 1.56. The van der Waals surface area contributed by atoms with Crippen LogP contribution in [-0.2, 0) is 11.3 Å². The molecule has 0 aliphatic rings. The summed E-state index contributed by atoms with van der Waals surface area (Å²) in [5.74, 6) is 0.405. The van der Waals surface area contributed by atoms with Crippen LogP contribution in [0.3, 0.4) is 0 Å². The number of fused-ring (bicyclic) bond motifs is 1. The molecule has 0 aliphatic heterocycles. The number of nitrogens with zero attached hydrogens (tertiary/aromatic N) is 3. The first-order valence-corrected chi connectivity index (χ1v) is 7.88. The predicted molar refractivity (Wildman–Crippen MR) is 90.2 cm³/mol. The van der Waals surface area contributed by atoms with Crippen molar-refractivity contribution in [3.8, 4) is 5.75 Å². The Morgan fingerprint density at radius 2 is 2.00 bits per heavy atom. The van der Waals surface area contributed by atoms with Gasteiger partial charge in [-0.05, 0) is 43.7 Å². The molecular formula is C18H19N3O3. The number of benzene rings is 2. The van der Waals surface area contributed by atoms with Crippen LogP contribution in [0, 0.1) is 6.92 Å². The van der Waals surface area contributed by atoms with Crippen LogP contribution in [-0.4, -0.2) is 34.2 Å². The standard InChI is InChI=1S/C18H19N3O3/c1-3-21-16-9-8-14(12-15(16)19-20-21)18(22)24-11-10-23-17-7-5-4-6-13(17)2/h4-9,12H,3,10-11H2,1-2H3. The summed E-state index contributed by atoms with van der Waals surface area (Å²) >= 11 is 0. The van der Waals surface area contributed by atoms with Crippen molar-refractivity contribution >= 4 is 17.0 Å². The Kier molecular flexibility index (Phi) is 4.74. The lowest BCUT2D eigenvalue weighted by Gasteiger charge is -2.09. The van der Waals surface area contributed by atoms with Crippen LogP contribution < -0.4 is 4.74 Å². The summed E-state index contributed by atoms with van der Waals surface area (Å²) in [6, 6.07) is 13.0. The maximum Gasteiger partial charge on any atom is 0.338 e. The number of esters is 1. The summed E-state index contributed by atoms with van der Waals surface area (Å²) in [7, 11) is 0. The van der Waals surface area contributed by atoms with Crippen molar-refractivity contribution in [2.45, 2.75) is 20.4 Å². The van der Waals surface area contributed by atoms with Crippen LogP contribution >= 0.6 is 0 Å². The molecule has 6 heteroatoms. The highest BCUT2D eigenvalue weighted by Crippen LogP contribution is 2.16. The summed E-state index contributed by atoms with van der Waals surface area (Å²) in [5.41, 5.74) is 3.09. The number of carbonyl (C=O) groups is 1. The highest BCUT2D eigenvalue weighted by atomic mass is 16.6. The Morgan fingerprint density at radius 3 is 2.79 bits per heavy atom. The Hall–Kier alpha value is -2.89. The van der Waals surface area contributed by atoms with E-state index in [0.29, 0.717) is 17.7 Å². The molecule has 24 heavy (non-hydrogen) atoms. The molecule has 0 amide bonds. The highest BCUT2D eigenvalue weighted by Gasteiger charge is 2.11. The Labute approximate surface area is 140 Å². The Morgan fingerprint density at radius 1 is 1.17 bits per heavy atom. The van der Waals surface area contributed by atoms with Gasteiger partial charge in [0, 0.05) is 6.54 Å². The molecule has 6 nitrogen and oxygen atoms in total. The van der Waals surface area contributed by atoms with E-state index in [-0.39, 0.29) is 6.61 Å². The molecule has 0 radical (unpaired) electrons. The average molecular weight is 325 g/mol. The fourth-order valence-corrected chi connectivity index (χ4v) is 2.42. The van der Waals surface area contributed by atoms with Crippen molar-refractivity contribution in [2.75, 3.05) is 13.2 Å². The second-order valence-corrected chi connectivity index (χ2v) is 5.36. The second kappa shape index (κ2) is 7.12. The SMILES string of the molecule is CCn1nnc2cc(C(=O)OCCOc3ccccc3C)ccc21. The molecule has 0 spiro atoms. The minimum atomic E-state index is -0.392. The normalized spacial score (nSPS) is 10.8. The molecule has 0 fully saturated rings. The van der Waals surface area contributed by atoms with Gasteiger partial charge in [-0.2, -0.15) is 0 Å². The molecule has 1 heterocycles. The van der Waals surface area contributed by atoms with Crippen molar-refractivity contribution in [3.05, 3.63) is 53.6 Å². The Bertz CT molecular complexity index is 858. The van der Waals surface area contributed by atoms with Crippen molar-refractivity contribution in [1.29, 1.82) is 0 Å². The first kappa shape index (κ1) is 16.0. The molecule has 0 saturated heterocycles. The van der Waals surface area contributed by atoms with E-state index < -0.39 is 5.97 Å². The third-order valence-corrected chi connectivity index (χ3v) is 3.72. The van der Waals surface area contributed by atoms with Gasteiger partial charge < -0.3 is 9.47 Å². The number of para-hydroxylation sites is 1. The number of hydrogen-bond donors (Lipinski definition) is 0. The van der Waals surface area contributed by atoms with Gasteiger partial charge in [-0.1, -0.05) is 23.4 Å². The zero-order chi connectivity index (χ0) is 16.9. The molecule has 0 N–H and O–H groups in total. The number of aromatic nitrogens is 3. The first-order chi connectivity index (χ1) is 11.7. The van der Waals surface area contributed by atoms with Crippen LogP contribution in [0.15, 0.2) is 42.5 Å². The third kappa shape index (κ3) is 3.37. The van der Waals surface area contributed by atoms with Gasteiger partial charge in [-0.3, -0.25) is 0 Å². The van der Waals surface area contributed by atoms with Crippen molar-refractivity contribution in [3.63, 3.8) is 0 Å². The molecule has 0 aliphatic carbocycles. The van der Waals surface area contributed by atoms with Crippen LogP contribution in [0.5, 0.6) is 5.75 Å². The summed E-state index contributed by atoms with van der Waals surface area (Å²) in [6.45, 7) is 5.19. The van der Waals surface area contributed by atoms with Crippen LogP contribution in [0.25, 0.3) is 11.0 Å². The van der Waals surface area contributed by atoms with Gasteiger partial charge in [-0.25, -0.2) is 9.48 Å². The van der Waals surface area contributed by atoms with E-state index in [4.69, 9.17) is 9.47 Å². The number of rotatable bonds is 6. The number of ether oxygens (including phenoxy) is 2. The van der Waals surface area contributed by atoms with Gasteiger partial charge in [0.15, 0.2) is 0 Å². The van der Waals surface area contributed by atoms with E-state index in [9.17, 15) is 4.79 Å². The van der Waals surface area contributed by atoms with E-state index in [1.807, 2.05) is 44.2 Å². The number of hydrogen-bond acceptors (Lipinski definition) is 5. The topological polar surface area (TPSA) is 66.2 Å². The molecule has 0 atom stereocenters. The summed E-state index contributed by atoms with van der Waals surface area (Å²) < 4.78 is 12.6. The molecule has 124 valence electrons. The maximum atomic E-state index is 12.1. The van der Waals surface area contributed by atoms with Gasteiger partial charge in [-0.15, -0.1) is 5.10 Å². The van der Waals surface area contributed by atoms with Crippen molar-refractivity contribution in [1.82, 2.24) is 15.0 Å². The monoisotopic (exact) mass is 325 g/mol. The van der Waals surface area contributed by atoms with E-state index in [2.05, 4.69) is 10.3 Å². The first-order valence-electron chi connectivity index (χ1n) is 7.88. The number of carbonyl (C=O) groups excluding carboxylic acids is 1. The van der Waals surface area contributed by atoms with Gasteiger partial charge in [0.1, 0.15) is 24.5 Å². The van der Waals surface area contributed by atoms with E-state index in [1.54, 1.807) is 16.8 Å². The maximum absolute atomic E-state index is 12.1. The zero-order valence-electron chi connectivity index (χ0n) is 13.7. The van der Waals surface area contributed by atoms with Gasteiger partial charge in [0.2, 0.25) is 0 Å². The zero-order valence-corrected chi connectivity index (χ0v) is 13.7. The average Bonchev–Trinajstić information content (AvgIpc) is 3.02. The fourth-order valence-electron chi connectivity index (χ4n) is 2.42. The predicted octanol–water partition coefficient (Wildman–Crippen LogP) is 3.00. The summed E-state index contributed by atoms with van der Waals surface area (Å²) in [4.78, 5) is 12.1. The van der Waals surface area contributed by atoms with E-state index in [1.165, 1.54) is 0 Å². The lowest BCUT2D eigenvalue weighted by molar-refractivity contribution is 0.0450. The van der Waals surface area contributed by atoms with E-state index in [0.717, 1.165) is 23.4 Å². The van der Waals surface area contributed by atoms with Gasteiger partial charge in [0.05, 0.1) is 11.1 Å². The van der Waals surface area contributed by atoms with Crippen molar-refractivity contribution < 1.29 is 14.3 Å². The summed E-state index contributed by atoms with van der Waals surface area (Å²) in [5, 5.41) is 8.08. The minimum absolute atomic E-state index is 0.187.